The molecule has 1 unspecified atom stereocenters. The van der Waals surface area contributed by atoms with Crippen LogP contribution < -0.4 is 5.32 Å². The zero-order valence-corrected chi connectivity index (χ0v) is 18.7. The van der Waals surface area contributed by atoms with Gasteiger partial charge in [-0.15, -0.1) is 0 Å². The summed E-state index contributed by atoms with van der Waals surface area (Å²) in [6.45, 7) is 5.11. The number of nitrogens with zero attached hydrogens (tertiary/aromatic N) is 1. The molecule has 0 fully saturated rings. The number of carbonyl (C=O) groups excluding carboxylic acids is 2. The van der Waals surface area contributed by atoms with Gasteiger partial charge in [0.15, 0.2) is 0 Å². The normalized spacial score (nSPS) is 12.0. The van der Waals surface area contributed by atoms with Gasteiger partial charge in [0, 0.05) is 20.6 Å². The Labute approximate surface area is 168 Å². The SMILES string of the molecule is CCCCCCCCCCCCCCC(C(=O)NC)C(=O)N(C)CCCC. The van der Waals surface area contributed by atoms with Crippen molar-refractivity contribution in [1.29, 1.82) is 0 Å². The Morgan fingerprint density at radius 1 is 0.741 bits per heavy atom. The van der Waals surface area contributed by atoms with Crippen molar-refractivity contribution in [2.45, 2.75) is 110 Å². The highest BCUT2D eigenvalue weighted by Gasteiger charge is 2.27. The van der Waals surface area contributed by atoms with Crippen LogP contribution in [0.5, 0.6) is 0 Å². The maximum absolute atomic E-state index is 12.5. The molecule has 0 aromatic heterocycles. The maximum Gasteiger partial charge on any atom is 0.234 e. The molecule has 0 aliphatic heterocycles. The second-order valence-corrected chi connectivity index (χ2v) is 7.96. The van der Waals surface area contributed by atoms with E-state index in [1.807, 2.05) is 7.05 Å². The lowest BCUT2D eigenvalue weighted by atomic mass is 9.97. The zero-order valence-electron chi connectivity index (χ0n) is 18.7. The van der Waals surface area contributed by atoms with Crippen LogP contribution in [0.4, 0.5) is 0 Å². The zero-order chi connectivity index (χ0) is 20.3. The molecule has 2 amide bonds. The highest BCUT2D eigenvalue weighted by atomic mass is 16.2. The maximum atomic E-state index is 12.5. The van der Waals surface area contributed by atoms with E-state index in [0.29, 0.717) is 6.42 Å². The van der Waals surface area contributed by atoms with Gasteiger partial charge in [-0.3, -0.25) is 9.59 Å². The van der Waals surface area contributed by atoms with Gasteiger partial charge < -0.3 is 10.2 Å². The second kappa shape index (κ2) is 18.3. The van der Waals surface area contributed by atoms with Crippen molar-refractivity contribution in [3.63, 3.8) is 0 Å². The second-order valence-electron chi connectivity index (χ2n) is 7.96. The summed E-state index contributed by atoms with van der Waals surface area (Å²) in [4.78, 5) is 26.4. The van der Waals surface area contributed by atoms with Crippen LogP contribution in [0.15, 0.2) is 0 Å². The van der Waals surface area contributed by atoms with E-state index in [-0.39, 0.29) is 11.8 Å². The Balaban J connectivity index is 3.85. The lowest BCUT2D eigenvalue weighted by Gasteiger charge is -2.22. The van der Waals surface area contributed by atoms with Gasteiger partial charge in [0.2, 0.25) is 11.8 Å². The topological polar surface area (TPSA) is 49.4 Å². The third-order valence-corrected chi connectivity index (χ3v) is 5.43. The van der Waals surface area contributed by atoms with Gasteiger partial charge in [-0.25, -0.2) is 0 Å². The minimum atomic E-state index is -0.514. The summed E-state index contributed by atoms with van der Waals surface area (Å²) in [5, 5.41) is 2.66. The average molecular weight is 383 g/mol. The van der Waals surface area contributed by atoms with Crippen molar-refractivity contribution in [1.82, 2.24) is 10.2 Å². The fourth-order valence-electron chi connectivity index (χ4n) is 3.50. The summed E-state index contributed by atoms with van der Waals surface area (Å²) in [7, 11) is 3.44. The van der Waals surface area contributed by atoms with Crippen LogP contribution in [0.25, 0.3) is 0 Å². The monoisotopic (exact) mass is 382 g/mol. The quantitative estimate of drug-likeness (QED) is 0.244. The molecular formula is C23H46N2O2. The van der Waals surface area contributed by atoms with Gasteiger partial charge in [-0.2, -0.15) is 0 Å². The number of amides is 2. The van der Waals surface area contributed by atoms with Crippen molar-refractivity contribution in [2.75, 3.05) is 20.6 Å². The number of rotatable bonds is 18. The van der Waals surface area contributed by atoms with Crippen molar-refractivity contribution < 1.29 is 9.59 Å². The molecule has 0 heterocycles. The van der Waals surface area contributed by atoms with Gasteiger partial charge in [-0.1, -0.05) is 97.3 Å². The lowest BCUT2D eigenvalue weighted by molar-refractivity contribution is -0.141. The summed E-state index contributed by atoms with van der Waals surface area (Å²) in [5.41, 5.74) is 0. The Hall–Kier alpha value is -1.06. The van der Waals surface area contributed by atoms with Crippen LogP contribution in [0.1, 0.15) is 110 Å². The van der Waals surface area contributed by atoms with Gasteiger partial charge in [0.05, 0.1) is 0 Å². The van der Waals surface area contributed by atoms with Crippen molar-refractivity contribution in [3.8, 4) is 0 Å². The molecular weight excluding hydrogens is 336 g/mol. The predicted octanol–water partition coefficient (Wildman–Crippen LogP) is 5.70. The molecule has 0 aliphatic rings. The average Bonchev–Trinajstić information content (AvgIpc) is 2.68. The highest BCUT2D eigenvalue weighted by Crippen LogP contribution is 2.16. The van der Waals surface area contributed by atoms with Crippen LogP contribution in [0.2, 0.25) is 0 Å². The van der Waals surface area contributed by atoms with Crippen LogP contribution in [0, 0.1) is 5.92 Å². The summed E-state index contributed by atoms with van der Waals surface area (Å²) < 4.78 is 0. The Morgan fingerprint density at radius 3 is 1.63 bits per heavy atom. The van der Waals surface area contributed by atoms with Crippen LogP contribution in [-0.4, -0.2) is 37.4 Å². The van der Waals surface area contributed by atoms with Gasteiger partial charge in [0.25, 0.3) is 0 Å². The fourth-order valence-corrected chi connectivity index (χ4v) is 3.50. The molecule has 0 aromatic carbocycles. The fraction of sp³-hybridized carbons (Fsp3) is 0.913. The van der Waals surface area contributed by atoms with Crippen molar-refractivity contribution in [3.05, 3.63) is 0 Å². The smallest absolute Gasteiger partial charge is 0.234 e. The van der Waals surface area contributed by atoms with Gasteiger partial charge >= 0.3 is 0 Å². The van der Waals surface area contributed by atoms with Gasteiger partial charge in [0.1, 0.15) is 5.92 Å². The largest absolute Gasteiger partial charge is 0.358 e. The first-order chi connectivity index (χ1) is 13.1. The molecule has 4 nitrogen and oxygen atoms in total. The van der Waals surface area contributed by atoms with Crippen LogP contribution >= 0.6 is 0 Å². The van der Waals surface area contributed by atoms with Gasteiger partial charge in [-0.05, 0) is 12.8 Å². The number of nitrogens with one attached hydrogen (secondary N) is 1. The predicted molar refractivity (Wildman–Crippen MR) is 116 cm³/mol. The lowest BCUT2D eigenvalue weighted by Crippen LogP contribution is -2.41. The van der Waals surface area contributed by atoms with E-state index < -0.39 is 5.92 Å². The molecule has 0 rings (SSSR count). The molecule has 1 atom stereocenters. The molecule has 0 radical (unpaired) electrons. The molecule has 0 spiro atoms. The molecule has 0 bridgehead atoms. The molecule has 0 saturated heterocycles. The summed E-state index contributed by atoms with van der Waals surface area (Å²) in [5.74, 6) is -0.669. The molecule has 27 heavy (non-hydrogen) atoms. The minimum absolute atomic E-state index is 0.0223. The molecule has 0 aromatic rings. The van der Waals surface area contributed by atoms with E-state index in [0.717, 1.165) is 32.2 Å². The number of carbonyl (C=O) groups is 2. The highest BCUT2D eigenvalue weighted by molar-refractivity contribution is 6.00. The van der Waals surface area contributed by atoms with Crippen LogP contribution in [0.3, 0.4) is 0 Å². The Kier molecular flexibility index (Phi) is 17.6. The Morgan fingerprint density at radius 2 is 1.19 bits per heavy atom. The minimum Gasteiger partial charge on any atom is -0.358 e. The Bertz CT molecular complexity index is 371. The first-order valence-electron chi connectivity index (χ1n) is 11.5. The van der Waals surface area contributed by atoms with E-state index in [1.165, 1.54) is 64.2 Å². The van der Waals surface area contributed by atoms with Crippen LogP contribution in [-0.2, 0) is 9.59 Å². The standard InChI is InChI=1S/C23H46N2O2/c1-5-7-9-10-11-12-13-14-15-16-17-18-19-21(22(26)24-3)23(27)25(4)20-8-6-2/h21H,5-20H2,1-4H3,(H,24,26). The van der Waals surface area contributed by atoms with Crippen molar-refractivity contribution in [2.24, 2.45) is 5.92 Å². The van der Waals surface area contributed by atoms with E-state index >= 15 is 0 Å². The molecule has 1 N–H and O–H groups in total. The van der Waals surface area contributed by atoms with E-state index in [1.54, 1.807) is 11.9 Å². The first kappa shape index (κ1) is 25.9. The number of hydrogen-bond acceptors (Lipinski definition) is 2. The molecule has 0 saturated carbocycles. The summed E-state index contributed by atoms with van der Waals surface area (Å²) in [6, 6.07) is 0. The summed E-state index contributed by atoms with van der Waals surface area (Å²) in [6.07, 6.45) is 18.2. The number of unbranched alkanes of at least 4 members (excludes halogenated alkanes) is 12. The third-order valence-electron chi connectivity index (χ3n) is 5.43. The molecule has 4 heteroatoms. The molecule has 0 aliphatic carbocycles. The first-order valence-corrected chi connectivity index (χ1v) is 11.5. The molecule has 160 valence electrons. The van der Waals surface area contributed by atoms with E-state index in [4.69, 9.17) is 0 Å². The van der Waals surface area contributed by atoms with E-state index in [9.17, 15) is 9.59 Å². The third kappa shape index (κ3) is 13.7. The number of hydrogen-bond donors (Lipinski definition) is 1. The van der Waals surface area contributed by atoms with E-state index in [2.05, 4.69) is 19.2 Å². The van der Waals surface area contributed by atoms with Crippen molar-refractivity contribution >= 4 is 11.8 Å². The summed E-state index contributed by atoms with van der Waals surface area (Å²) >= 11 is 0.